The lowest BCUT2D eigenvalue weighted by Crippen LogP contribution is -2.00. The van der Waals surface area contributed by atoms with E-state index in [0.717, 1.165) is 11.3 Å². The van der Waals surface area contributed by atoms with Gasteiger partial charge in [-0.1, -0.05) is 17.7 Å². The average Bonchev–Trinajstić information content (AvgIpc) is 2.32. The molecule has 16 heavy (non-hydrogen) atoms. The summed E-state index contributed by atoms with van der Waals surface area (Å²) in [5, 5.41) is 3.23. The second kappa shape index (κ2) is 4.90. The van der Waals surface area contributed by atoms with Crippen LogP contribution in [0.15, 0.2) is 36.9 Å². The van der Waals surface area contributed by atoms with E-state index in [4.69, 9.17) is 11.6 Å². The molecule has 0 bridgehead atoms. The summed E-state index contributed by atoms with van der Waals surface area (Å²) >= 11 is 5.67. The van der Waals surface area contributed by atoms with Gasteiger partial charge in [-0.15, -0.1) is 0 Å². The van der Waals surface area contributed by atoms with Crippen LogP contribution in [-0.4, -0.2) is 9.97 Å². The third kappa shape index (κ3) is 2.67. The molecule has 0 spiro atoms. The van der Waals surface area contributed by atoms with Gasteiger partial charge in [0.1, 0.15) is 12.1 Å². The highest BCUT2D eigenvalue weighted by Gasteiger charge is 2.00. The molecule has 1 heterocycles. The maximum Gasteiger partial charge on any atom is 0.141 e. The Labute approximate surface area is 97.3 Å². The maximum atomic E-state index is 12.9. The number of rotatable bonds is 3. The lowest BCUT2D eigenvalue weighted by molar-refractivity contribution is 0.627. The quantitative estimate of drug-likeness (QED) is 0.892. The number of nitrogens with one attached hydrogen (secondary N) is 1. The third-order valence-corrected chi connectivity index (χ3v) is 2.33. The molecule has 0 radical (unpaired) electrons. The Morgan fingerprint density at radius 3 is 2.69 bits per heavy atom. The average molecular weight is 238 g/mol. The zero-order valence-corrected chi connectivity index (χ0v) is 9.08. The molecule has 2 aromatic rings. The van der Waals surface area contributed by atoms with Crippen LogP contribution >= 0.6 is 11.6 Å². The molecule has 0 aliphatic carbocycles. The summed E-state index contributed by atoms with van der Waals surface area (Å²) in [6, 6.07) is 4.62. The van der Waals surface area contributed by atoms with E-state index in [2.05, 4.69) is 15.3 Å². The van der Waals surface area contributed by atoms with Crippen molar-refractivity contribution in [2.75, 3.05) is 5.32 Å². The van der Waals surface area contributed by atoms with Crippen LogP contribution in [0.1, 0.15) is 5.56 Å². The molecule has 3 nitrogen and oxygen atoms in total. The first kappa shape index (κ1) is 10.8. The van der Waals surface area contributed by atoms with E-state index in [0.29, 0.717) is 6.54 Å². The fraction of sp³-hybridized carbons (Fsp3) is 0.0909. The third-order valence-electron chi connectivity index (χ3n) is 2.04. The number of halogens is 2. The van der Waals surface area contributed by atoms with E-state index in [1.807, 2.05) is 0 Å². The second-order valence-electron chi connectivity index (χ2n) is 3.23. The summed E-state index contributed by atoms with van der Waals surface area (Å²) in [6.07, 6.45) is 4.79. The lowest BCUT2D eigenvalue weighted by atomic mass is 10.2. The van der Waals surface area contributed by atoms with Crippen molar-refractivity contribution in [2.45, 2.75) is 6.54 Å². The van der Waals surface area contributed by atoms with Crippen molar-refractivity contribution in [3.05, 3.63) is 53.3 Å². The van der Waals surface area contributed by atoms with E-state index in [1.54, 1.807) is 24.5 Å². The summed E-state index contributed by atoms with van der Waals surface area (Å²) < 4.78 is 12.9. The predicted octanol–water partition coefficient (Wildman–Crippen LogP) is 2.88. The Kier molecular flexibility index (Phi) is 3.31. The van der Waals surface area contributed by atoms with Crippen molar-refractivity contribution in [3.63, 3.8) is 0 Å². The van der Waals surface area contributed by atoms with Gasteiger partial charge in [0, 0.05) is 6.54 Å². The molecule has 1 aromatic carbocycles. The van der Waals surface area contributed by atoms with Crippen LogP contribution in [-0.2, 0) is 6.54 Å². The molecule has 0 fully saturated rings. The standard InChI is InChI=1S/C11H9ClFN3/c12-10-3-8(1-2-11(10)13)4-16-9-5-14-7-15-6-9/h1-3,5-7,16H,4H2. The fourth-order valence-electron chi connectivity index (χ4n) is 1.24. The molecule has 0 aliphatic heterocycles. The SMILES string of the molecule is Fc1ccc(CNc2cncnc2)cc1Cl. The van der Waals surface area contributed by atoms with Gasteiger partial charge in [0.15, 0.2) is 0 Å². The molecule has 2 rings (SSSR count). The summed E-state index contributed by atoms with van der Waals surface area (Å²) in [6.45, 7) is 0.549. The van der Waals surface area contributed by atoms with E-state index in [-0.39, 0.29) is 5.02 Å². The van der Waals surface area contributed by atoms with Crippen LogP contribution in [0.25, 0.3) is 0 Å². The first-order chi connectivity index (χ1) is 7.75. The molecular formula is C11H9ClFN3. The van der Waals surface area contributed by atoms with Gasteiger partial charge in [-0.3, -0.25) is 0 Å². The van der Waals surface area contributed by atoms with E-state index < -0.39 is 5.82 Å². The van der Waals surface area contributed by atoms with Gasteiger partial charge in [0.05, 0.1) is 23.1 Å². The highest BCUT2D eigenvalue weighted by Crippen LogP contribution is 2.16. The Hall–Kier alpha value is -1.68. The minimum Gasteiger partial charge on any atom is -0.378 e. The van der Waals surface area contributed by atoms with Crippen LogP contribution < -0.4 is 5.32 Å². The Balaban J connectivity index is 2.03. The van der Waals surface area contributed by atoms with Gasteiger partial charge in [-0.2, -0.15) is 0 Å². The molecule has 1 N–H and O–H groups in total. The predicted molar refractivity (Wildman–Crippen MR) is 60.8 cm³/mol. The molecule has 5 heteroatoms. The second-order valence-corrected chi connectivity index (χ2v) is 3.64. The summed E-state index contributed by atoms with van der Waals surface area (Å²) in [5.74, 6) is -0.409. The number of hydrogen-bond donors (Lipinski definition) is 1. The van der Waals surface area contributed by atoms with E-state index in [9.17, 15) is 4.39 Å². The van der Waals surface area contributed by atoms with Gasteiger partial charge in [-0.25, -0.2) is 14.4 Å². The van der Waals surface area contributed by atoms with E-state index >= 15 is 0 Å². The number of aromatic nitrogens is 2. The van der Waals surface area contributed by atoms with Gasteiger partial charge in [0.2, 0.25) is 0 Å². The van der Waals surface area contributed by atoms with Crippen LogP contribution in [0.3, 0.4) is 0 Å². The summed E-state index contributed by atoms with van der Waals surface area (Å²) in [4.78, 5) is 7.74. The molecular weight excluding hydrogens is 229 g/mol. The topological polar surface area (TPSA) is 37.8 Å². The van der Waals surface area contributed by atoms with Crippen molar-refractivity contribution in [1.82, 2.24) is 9.97 Å². The largest absolute Gasteiger partial charge is 0.378 e. The number of nitrogens with zero attached hydrogens (tertiary/aromatic N) is 2. The molecule has 0 saturated heterocycles. The molecule has 0 unspecified atom stereocenters. The highest BCUT2D eigenvalue weighted by atomic mass is 35.5. The van der Waals surface area contributed by atoms with E-state index in [1.165, 1.54) is 12.4 Å². The number of benzene rings is 1. The van der Waals surface area contributed by atoms with Crippen molar-refractivity contribution in [1.29, 1.82) is 0 Å². The number of anilines is 1. The molecule has 0 atom stereocenters. The molecule has 0 aliphatic rings. The lowest BCUT2D eigenvalue weighted by Gasteiger charge is -2.05. The van der Waals surface area contributed by atoms with Gasteiger partial charge < -0.3 is 5.32 Å². The Morgan fingerprint density at radius 2 is 2.00 bits per heavy atom. The normalized spacial score (nSPS) is 10.1. The minimum atomic E-state index is -0.409. The summed E-state index contributed by atoms with van der Waals surface area (Å²) in [5.41, 5.74) is 1.71. The van der Waals surface area contributed by atoms with Crippen LogP contribution in [0.2, 0.25) is 5.02 Å². The Morgan fingerprint density at radius 1 is 1.25 bits per heavy atom. The highest BCUT2D eigenvalue weighted by molar-refractivity contribution is 6.30. The van der Waals surface area contributed by atoms with Crippen molar-refractivity contribution in [2.24, 2.45) is 0 Å². The molecule has 82 valence electrons. The van der Waals surface area contributed by atoms with Crippen molar-refractivity contribution in [3.8, 4) is 0 Å². The zero-order valence-electron chi connectivity index (χ0n) is 8.32. The van der Waals surface area contributed by atoms with Crippen molar-refractivity contribution < 1.29 is 4.39 Å². The maximum absolute atomic E-state index is 12.9. The van der Waals surface area contributed by atoms with Crippen LogP contribution in [0.4, 0.5) is 10.1 Å². The number of hydrogen-bond acceptors (Lipinski definition) is 3. The molecule has 1 aromatic heterocycles. The zero-order chi connectivity index (χ0) is 11.4. The fourth-order valence-corrected chi connectivity index (χ4v) is 1.45. The first-order valence-corrected chi connectivity index (χ1v) is 5.06. The minimum absolute atomic E-state index is 0.128. The van der Waals surface area contributed by atoms with Gasteiger partial charge in [-0.05, 0) is 17.7 Å². The van der Waals surface area contributed by atoms with Crippen LogP contribution in [0, 0.1) is 5.82 Å². The van der Waals surface area contributed by atoms with Gasteiger partial charge in [0.25, 0.3) is 0 Å². The van der Waals surface area contributed by atoms with Crippen LogP contribution in [0.5, 0.6) is 0 Å². The van der Waals surface area contributed by atoms with Gasteiger partial charge >= 0.3 is 0 Å². The molecule has 0 saturated carbocycles. The monoisotopic (exact) mass is 237 g/mol. The molecule has 0 amide bonds. The van der Waals surface area contributed by atoms with Crippen molar-refractivity contribution >= 4 is 17.3 Å². The smallest absolute Gasteiger partial charge is 0.141 e. The summed E-state index contributed by atoms with van der Waals surface area (Å²) in [7, 11) is 0. The Bertz CT molecular complexity index is 476. The first-order valence-electron chi connectivity index (χ1n) is 4.68.